The zero-order valence-electron chi connectivity index (χ0n) is 35.7. The molecule has 1 unspecified atom stereocenters. The molecule has 21 nitrogen and oxygen atoms in total. The number of aromatic nitrogens is 9. The summed E-state index contributed by atoms with van der Waals surface area (Å²) in [5.74, 6) is 0.0816. The summed E-state index contributed by atoms with van der Waals surface area (Å²) in [5, 5.41) is 15.5. The minimum atomic E-state index is -0.672. The molecule has 7 heterocycles. The molecule has 2 saturated heterocycles. The first-order chi connectivity index (χ1) is 30.4. The number of hydrogen-bond donors (Lipinski definition) is 4. The lowest BCUT2D eigenvalue weighted by molar-refractivity contribution is -0.606. The number of ether oxygens (including phenoxy) is 3. The van der Waals surface area contributed by atoms with E-state index in [1.165, 1.54) is 17.9 Å². The highest BCUT2D eigenvalue weighted by atomic mass is 16.5. The minimum absolute atomic E-state index is 0.104. The van der Waals surface area contributed by atoms with Crippen molar-refractivity contribution in [2.24, 2.45) is 23.3 Å². The van der Waals surface area contributed by atoms with E-state index in [1.807, 2.05) is 26.0 Å². The van der Waals surface area contributed by atoms with Crippen LogP contribution < -0.4 is 36.1 Å². The lowest BCUT2D eigenvalue weighted by Crippen LogP contribution is -2.44. The van der Waals surface area contributed by atoms with Gasteiger partial charge in [0.2, 0.25) is 23.7 Å². The highest BCUT2D eigenvalue weighted by Gasteiger charge is 2.38. The van der Waals surface area contributed by atoms with E-state index >= 15 is 0 Å². The third kappa shape index (κ3) is 7.21. The first kappa shape index (κ1) is 41.2. The molecule has 2 atom stereocenters. The molecule has 4 aromatic heterocycles. The third-order valence-electron chi connectivity index (χ3n) is 12.0. The summed E-state index contributed by atoms with van der Waals surface area (Å²) >= 11 is 0. The first-order valence-electron chi connectivity index (χ1n) is 20.9. The van der Waals surface area contributed by atoms with E-state index in [2.05, 4.69) is 15.5 Å². The van der Waals surface area contributed by atoms with Gasteiger partial charge in [0, 0.05) is 74.3 Å². The summed E-state index contributed by atoms with van der Waals surface area (Å²) in [6.45, 7) is 12.5. The second kappa shape index (κ2) is 16.3. The smallest absolute Gasteiger partial charge is 0.331 e. The second-order valence-corrected chi connectivity index (χ2v) is 15.9. The number of rotatable bonds is 9. The standard InChI is InChI=1S/C42H48N14O7/c1-6-54-35-32(22(3)49-54)56-23(4)50-55(7-2)40(56)39(60)48-42-45-28-14-24(36(43)57)16-30(61-5)33(28)52(42)10-8-9-11-53-34-29(46-41(53)47-38(35)59)15-25(37(44)58)17-31(34)63-13-12-51-18-26-20-62-21-27(26)19-51/h8-9,14-17,26-27H,6-7,10-13,18-21H2,1-5H3,(H5-,43,44,45,46,47,48,57,58,59,60)/p+1/b9-8+/t26-,27?/m0/s1. The Hall–Kier alpha value is -7.13. The second-order valence-electron chi connectivity index (χ2n) is 15.9. The van der Waals surface area contributed by atoms with E-state index in [4.69, 9.17) is 45.8 Å². The number of nitrogens with one attached hydrogen (secondary N) is 2. The van der Waals surface area contributed by atoms with Gasteiger partial charge in [0.25, 0.3) is 11.7 Å². The van der Waals surface area contributed by atoms with Gasteiger partial charge in [0.05, 0.1) is 37.1 Å². The average Bonchev–Trinajstić information content (AvgIpc) is 4.10. The fourth-order valence-corrected chi connectivity index (χ4v) is 9.02. The Kier molecular flexibility index (Phi) is 10.7. The molecule has 21 heteroatoms. The molecule has 3 aliphatic rings. The van der Waals surface area contributed by atoms with Crippen molar-refractivity contribution in [2.45, 2.75) is 53.9 Å². The molecule has 63 heavy (non-hydrogen) atoms. The van der Waals surface area contributed by atoms with Crippen LogP contribution in [-0.2, 0) is 30.9 Å². The van der Waals surface area contributed by atoms with Crippen LogP contribution in [-0.4, -0.2) is 114 Å². The predicted molar refractivity (Wildman–Crippen MR) is 228 cm³/mol. The normalized spacial score (nSPS) is 18.4. The lowest BCUT2D eigenvalue weighted by atomic mass is 10.0. The number of hydrogen-bond acceptors (Lipinski definition) is 12. The fourth-order valence-electron chi connectivity index (χ4n) is 9.02. The quantitative estimate of drug-likeness (QED) is 0.120. The van der Waals surface area contributed by atoms with Gasteiger partial charge in [-0.05, 0) is 45.0 Å². The summed E-state index contributed by atoms with van der Waals surface area (Å²) in [5.41, 5.74) is 14.6. The molecule has 9 rings (SSSR count). The molecule has 0 radical (unpaired) electrons. The first-order valence-corrected chi connectivity index (χ1v) is 20.9. The molecule has 0 saturated carbocycles. The van der Waals surface area contributed by atoms with Crippen molar-refractivity contribution in [2.75, 3.05) is 57.2 Å². The molecule has 4 amide bonds. The number of imidazole rings is 2. The van der Waals surface area contributed by atoms with Crippen LogP contribution in [0.15, 0.2) is 36.4 Å². The Morgan fingerprint density at radius 3 is 1.97 bits per heavy atom. The number of carbonyl (C=O) groups excluding carboxylic acids is 4. The average molecular weight is 862 g/mol. The molecule has 0 spiro atoms. The maximum absolute atomic E-state index is 14.8. The summed E-state index contributed by atoms with van der Waals surface area (Å²) in [4.78, 5) is 66.5. The number of nitrogens with two attached hydrogens (primary N) is 2. The molecule has 6 aromatic rings. The number of allylic oxidation sites excluding steroid dienone is 2. The molecule has 328 valence electrons. The van der Waals surface area contributed by atoms with Crippen molar-refractivity contribution in [1.29, 1.82) is 0 Å². The SMILES string of the molecule is CCn1nc(C)c2c1C(=O)Nc1nc3cc(C(N)=O)cc(OCCN4CC5COC[C@@H]5C4)c3n1C/C=C/Cn1c(nc3cc(C(N)=O)cc(OC)c31)NC(=O)c1n(CC)nc(C)[n+]1-2. The van der Waals surface area contributed by atoms with Gasteiger partial charge in [-0.2, -0.15) is 9.67 Å². The van der Waals surface area contributed by atoms with Gasteiger partial charge in [0.15, 0.2) is 11.4 Å². The summed E-state index contributed by atoms with van der Waals surface area (Å²) in [6, 6.07) is 6.26. The number of amides is 4. The summed E-state index contributed by atoms with van der Waals surface area (Å²) in [6.07, 6.45) is 3.73. The van der Waals surface area contributed by atoms with E-state index in [1.54, 1.807) is 50.4 Å². The maximum Gasteiger partial charge on any atom is 0.331 e. The molecular formula is C42H49N14O7+. The molecule has 3 aliphatic heterocycles. The maximum atomic E-state index is 14.8. The Bertz CT molecular complexity index is 2870. The number of primary amides is 2. The van der Waals surface area contributed by atoms with Gasteiger partial charge in [-0.15, -0.1) is 4.68 Å². The highest BCUT2D eigenvalue weighted by molar-refractivity contribution is 6.07. The fraction of sp³-hybridized carbons (Fsp3) is 0.405. The number of carbonyl (C=O) groups is 4. The van der Waals surface area contributed by atoms with Gasteiger partial charge in [0.1, 0.15) is 35.7 Å². The molecule has 2 fully saturated rings. The van der Waals surface area contributed by atoms with Crippen LogP contribution in [0.4, 0.5) is 11.9 Å². The number of anilines is 2. The van der Waals surface area contributed by atoms with Crippen LogP contribution in [0, 0.1) is 25.7 Å². The summed E-state index contributed by atoms with van der Waals surface area (Å²) in [7, 11) is 1.47. The van der Waals surface area contributed by atoms with Crippen LogP contribution in [0.25, 0.3) is 27.8 Å². The zero-order valence-corrected chi connectivity index (χ0v) is 35.7. The van der Waals surface area contributed by atoms with Crippen molar-refractivity contribution in [3.05, 3.63) is 70.6 Å². The number of benzene rings is 2. The van der Waals surface area contributed by atoms with E-state index in [0.29, 0.717) is 88.8 Å². The minimum Gasteiger partial charge on any atom is -0.494 e. The van der Waals surface area contributed by atoms with Gasteiger partial charge < -0.3 is 34.8 Å². The Balaban J connectivity index is 1.22. The van der Waals surface area contributed by atoms with E-state index in [9.17, 15) is 19.2 Å². The van der Waals surface area contributed by atoms with Gasteiger partial charge in [-0.1, -0.05) is 12.2 Å². The molecule has 0 bridgehead atoms. The number of nitrogens with zero attached hydrogens (tertiary/aromatic N) is 10. The van der Waals surface area contributed by atoms with E-state index < -0.39 is 23.6 Å². The zero-order chi connectivity index (χ0) is 44.3. The number of likely N-dealkylation sites (tertiary alicyclic amines) is 1. The Labute approximate surface area is 360 Å². The van der Waals surface area contributed by atoms with Crippen LogP contribution in [0.2, 0.25) is 0 Å². The van der Waals surface area contributed by atoms with Crippen LogP contribution >= 0.6 is 0 Å². The Morgan fingerprint density at radius 1 is 0.825 bits per heavy atom. The van der Waals surface area contributed by atoms with Crippen molar-refractivity contribution in [3.8, 4) is 17.2 Å². The lowest BCUT2D eigenvalue weighted by Gasteiger charge is -2.18. The van der Waals surface area contributed by atoms with Gasteiger partial charge >= 0.3 is 11.7 Å². The van der Waals surface area contributed by atoms with E-state index in [0.717, 1.165) is 26.3 Å². The highest BCUT2D eigenvalue weighted by Crippen LogP contribution is 2.34. The number of fused-ring (bicyclic) bond motifs is 10. The van der Waals surface area contributed by atoms with Crippen molar-refractivity contribution in [3.63, 3.8) is 0 Å². The molecule has 2 aromatic carbocycles. The monoisotopic (exact) mass is 861 g/mol. The number of methoxy groups -OCH3 is 1. The van der Waals surface area contributed by atoms with Crippen LogP contribution in [0.1, 0.15) is 67.2 Å². The third-order valence-corrected chi connectivity index (χ3v) is 12.0. The largest absolute Gasteiger partial charge is 0.494 e. The van der Waals surface area contributed by atoms with Crippen molar-refractivity contribution >= 4 is 57.6 Å². The van der Waals surface area contributed by atoms with Gasteiger partial charge in [-0.3, -0.25) is 39.4 Å². The van der Waals surface area contributed by atoms with Crippen LogP contribution in [0.3, 0.4) is 0 Å². The predicted octanol–water partition coefficient (Wildman–Crippen LogP) is 1.95. The Morgan fingerprint density at radius 2 is 1.40 bits per heavy atom. The summed E-state index contributed by atoms with van der Waals surface area (Å²) < 4.78 is 26.2. The van der Waals surface area contributed by atoms with Crippen molar-refractivity contribution < 1.29 is 38.0 Å². The number of aryl methyl sites for hydroxylation is 4. The van der Waals surface area contributed by atoms with E-state index in [-0.39, 0.29) is 47.6 Å². The molecule has 6 N–H and O–H groups in total. The topological polar surface area (TPSA) is 250 Å². The molecular weight excluding hydrogens is 813 g/mol. The van der Waals surface area contributed by atoms with Gasteiger partial charge in [-0.25, -0.2) is 9.97 Å². The van der Waals surface area contributed by atoms with Crippen LogP contribution in [0.5, 0.6) is 11.5 Å². The molecule has 0 aliphatic carbocycles. The van der Waals surface area contributed by atoms with Crippen molar-refractivity contribution in [1.82, 2.24) is 43.6 Å².